The van der Waals surface area contributed by atoms with Crippen molar-refractivity contribution in [3.05, 3.63) is 38.2 Å². The number of rotatable bonds is 1. The number of benzene rings is 1. The summed E-state index contributed by atoms with van der Waals surface area (Å²) in [6, 6.07) is 5.76. The van der Waals surface area contributed by atoms with Gasteiger partial charge in [0.15, 0.2) is 5.82 Å². The van der Waals surface area contributed by atoms with Crippen molar-refractivity contribution in [3.8, 4) is 11.5 Å². The quantitative estimate of drug-likeness (QED) is 0.613. The fourth-order valence-electron chi connectivity index (χ4n) is 1.64. The Balaban J connectivity index is 2.24. The molecule has 0 N–H and O–H groups in total. The third-order valence-electron chi connectivity index (χ3n) is 2.46. The molecule has 3 rings (SSSR count). The maximum absolute atomic E-state index is 6.19. The van der Waals surface area contributed by atoms with Crippen molar-refractivity contribution in [1.29, 1.82) is 0 Å². The molecule has 0 bridgehead atoms. The molecule has 6 heteroatoms. The number of fused-ring (bicyclic) bond motifs is 1. The van der Waals surface area contributed by atoms with Crippen molar-refractivity contribution >= 4 is 49.8 Å². The molecule has 0 radical (unpaired) electrons. The molecule has 0 saturated carbocycles. The van der Waals surface area contributed by atoms with Crippen LogP contribution in [0.1, 0.15) is 5.01 Å². The van der Waals surface area contributed by atoms with Crippen molar-refractivity contribution < 1.29 is 0 Å². The number of aromatic nitrogens is 3. The number of hydrogen-bond donors (Lipinski definition) is 0. The van der Waals surface area contributed by atoms with Gasteiger partial charge in [-0.3, -0.25) is 0 Å². The summed E-state index contributed by atoms with van der Waals surface area (Å²) in [5.41, 5.74) is 1.59. The SMILES string of the molecule is Cc1nc(-c2nc(Cl)c3cc(Br)ccc3n2)cs1. The van der Waals surface area contributed by atoms with Crippen LogP contribution in [-0.2, 0) is 0 Å². The van der Waals surface area contributed by atoms with Gasteiger partial charge in [0.05, 0.1) is 10.5 Å². The molecule has 0 amide bonds. The lowest BCUT2D eigenvalue weighted by atomic mass is 10.2. The molecular formula is C12H7BrClN3S. The summed E-state index contributed by atoms with van der Waals surface area (Å²) >= 11 is 11.2. The lowest BCUT2D eigenvalue weighted by Gasteiger charge is -2.03. The number of hydrogen-bond acceptors (Lipinski definition) is 4. The predicted octanol–water partition coefficient (Wildman–Crippen LogP) is 4.48. The molecule has 0 unspecified atom stereocenters. The second-order valence-electron chi connectivity index (χ2n) is 3.75. The lowest BCUT2D eigenvalue weighted by molar-refractivity contribution is 1.18. The largest absolute Gasteiger partial charge is 0.238 e. The third kappa shape index (κ3) is 2.13. The van der Waals surface area contributed by atoms with Crippen LogP contribution in [0, 0.1) is 6.92 Å². The first-order chi connectivity index (χ1) is 8.63. The van der Waals surface area contributed by atoms with Gasteiger partial charge in [0, 0.05) is 15.2 Å². The molecule has 90 valence electrons. The molecule has 2 heterocycles. The molecule has 2 aromatic heterocycles. The highest BCUT2D eigenvalue weighted by Gasteiger charge is 2.10. The molecule has 0 fully saturated rings. The zero-order chi connectivity index (χ0) is 12.7. The maximum atomic E-state index is 6.19. The first kappa shape index (κ1) is 12.0. The highest BCUT2D eigenvalue weighted by Crippen LogP contribution is 2.27. The monoisotopic (exact) mass is 339 g/mol. The molecule has 0 atom stereocenters. The van der Waals surface area contributed by atoms with E-state index in [1.165, 1.54) is 0 Å². The van der Waals surface area contributed by atoms with Crippen molar-refractivity contribution in [2.45, 2.75) is 6.92 Å². The summed E-state index contributed by atoms with van der Waals surface area (Å²) in [7, 11) is 0. The van der Waals surface area contributed by atoms with Crippen molar-refractivity contribution in [2.75, 3.05) is 0 Å². The zero-order valence-electron chi connectivity index (χ0n) is 9.32. The van der Waals surface area contributed by atoms with Gasteiger partial charge in [-0.05, 0) is 25.1 Å². The molecule has 18 heavy (non-hydrogen) atoms. The molecule has 3 aromatic rings. The van der Waals surface area contributed by atoms with Crippen molar-refractivity contribution in [3.63, 3.8) is 0 Å². The molecule has 1 aromatic carbocycles. The smallest absolute Gasteiger partial charge is 0.181 e. The molecule has 0 saturated heterocycles. The first-order valence-electron chi connectivity index (χ1n) is 5.19. The van der Waals surface area contributed by atoms with Gasteiger partial charge in [0.25, 0.3) is 0 Å². The van der Waals surface area contributed by atoms with Crippen molar-refractivity contribution in [1.82, 2.24) is 15.0 Å². The van der Waals surface area contributed by atoms with Crippen LogP contribution >= 0.6 is 38.9 Å². The summed E-state index contributed by atoms with van der Waals surface area (Å²) < 4.78 is 0.956. The minimum atomic E-state index is 0.446. The van der Waals surface area contributed by atoms with Crippen LogP contribution in [0.2, 0.25) is 5.15 Å². The van der Waals surface area contributed by atoms with Crippen LogP contribution in [0.4, 0.5) is 0 Å². The molecule has 0 aliphatic rings. The second kappa shape index (κ2) is 4.57. The van der Waals surface area contributed by atoms with E-state index in [1.54, 1.807) is 11.3 Å². The van der Waals surface area contributed by atoms with Gasteiger partial charge in [-0.1, -0.05) is 27.5 Å². The Morgan fingerprint density at radius 1 is 1.22 bits per heavy atom. The fraction of sp³-hybridized carbons (Fsp3) is 0.0833. The van der Waals surface area contributed by atoms with Gasteiger partial charge in [-0.25, -0.2) is 15.0 Å². The Morgan fingerprint density at radius 2 is 2.06 bits per heavy atom. The van der Waals surface area contributed by atoms with E-state index in [1.807, 2.05) is 30.5 Å². The highest BCUT2D eigenvalue weighted by molar-refractivity contribution is 9.10. The lowest BCUT2D eigenvalue weighted by Crippen LogP contribution is -1.92. The van der Waals surface area contributed by atoms with E-state index in [-0.39, 0.29) is 0 Å². The van der Waals surface area contributed by atoms with E-state index in [4.69, 9.17) is 11.6 Å². The minimum Gasteiger partial charge on any atom is -0.238 e. The van der Waals surface area contributed by atoms with Gasteiger partial charge in [-0.2, -0.15) is 0 Å². The Bertz CT molecular complexity index is 741. The van der Waals surface area contributed by atoms with Crippen LogP contribution in [-0.4, -0.2) is 15.0 Å². The molecule has 0 aliphatic carbocycles. The van der Waals surface area contributed by atoms with Gasteiger partial charge in [0.1, 0.15) is 10.8 Å². The van der Waals surface area contributed by atoms with Gasteiger partial charge in [0.2, 0.25) is 0 Å². The summed E-state index contributed by atoms with van der Waals surface area (Å²) in [4.78, 5) is 13.2. The van der Waals surface area contributed by atoms with Gasteiger partial charge in [-0.15, -0.1) is 11.3 Å². The van der Waals surface area contributed by atoms with Crippen LogP contribution < -0.4 is 0 Å². The molecule has 0 spiro atoms. The van der Waals surface area contributed by atoms with E-state index in [0.717, 1.165) is 26.1 Å². The van der Waals surface area contributed by atoms with Crippen LogP contribution in [0.3, 0.4) is 0 Å². The number of thiazole rings is 1. The van der Waals surface area contributed by atoms with E-state index in [2.05, 4.69) is 30.9 Å². The zero-order valence-corrected chi connectivity index (χ0v) is 12.5. The predicted molar refractivity (Wildman–Crippen MR) is 78.1 cm³/mol. The summed E-state index contributed by atoms with van der Waals surface area (Å²) in [5, 5.41) is 4.20. The summed E-state index contributed by atoms with van der Waals surface area (Å²) in [5.74, 6) is 0.569. The van der Waals surface area contributed by atoms with Gasteiger partial charge >= 0.3 is 0 Å². The fourth-order valence-corrected chi connectivity index (χ4v) is 2.83. The number of aryl methyl sites for hydroxylation is 1. The van der Waals surface area contributed by atoms with E-state index < -0.39 is 0 Å². The molecular weight excluding hydrogens is 334 g/mol. The first-order valence-corrected chi connectivity index (χ1v) is 7.24. The Labute approximate surface area is 121 Å². The van der Waals surface area contributed by atoms with Gasteiger partial charge < -0.3 is 0 Å². The number of halogens is 2. The van der Waals surface area contributed by atoms with Crippen LogP contribution in [0.15, 0.2) is 28.1 Å². The minimum absolute atomic E-state index is 0.446. The standard InChI is InChI=1S/C12H7BrClN3S/c1-6-15-10(5-18-6)12-16-9-3-2-7(13)4-8(9)11(14)17-12/h2-5H,1H3. The average molecular weight is 341 g/mol. The Morgan fingerprint density at radius 3 is 2.78 bits per heavy atom. The molecule has 0 aliphatic heterocycles. The van der Waals surface area contributed by atoms with Crippen LogP contribution in [0.5, 0.6) is 0 Å². The van der Waals surface area contributed by atoms with Crippen molar-refractivity contribution in [2.24, 2.45) is 0 Å². The normalized spacial score (nSPS) is 11.1. The van der Waals surface area contributed by atoms with Crippen LogP contribution in [0.25, 0.3) is 22.4 Å². The Hall–Kier alpha value is -1.04. The van der Waals surface area contributed by atoms with E-state index in [0.29, 0.717) is 11.0 Å². The number of nitrogens with zero attached hydrogens (tertiary/aromatic N) is 3. The topological polar surface area (TPSA) is 38.7 Å². The highest BCUT2D eigenvalue weighted by atomic mass is 79.9. The Kier molecular flexibility index (Phi) is 3.05. The average Bonchev–Trinajstić information content (AvgIpc) is 2.77. The van der Waals surface area contributed by atoms with E-state index in [9.17, 15) is 0 Å². The summed E-state index contributed by atoms with van der Waals surface area (Å²) in [6.07, 6.45) is 0. The summed E-state index contributed by atoms with van der Waals surface area (Å²) in [6.45, 7) is 1.95. The third-order valence-corrected chi connectivity index (χ3v) is 4.01. The second-order valence-corrected chi connectivity index (χ2v) is 6.09. The van der Waals surface area contributed by atoms with E-state index >= 15 is 0 Å². The maximum Gasteiger partial charge on any atom is 0.181 e. The molecule has 3 nitrogen and oxygen atoms in total.